The number of nitrogens with zero attached hydrogens (tertiary/aromatic N) is 2. The number of pyridine rings is 1. The Bertz CT molecular complexity index is 831. The summed E-state index contributed by atoms with van der Waals surface area (Å²) in [5.74, 6) is -0.0487. The molecule has 7 nitrogen and oxygen atoms in total. The number of ether oxygens (including phenoxy) is 1. The predicted molar refractivity (Wildman–Crippen MR) is 109 cm³/mol. The first-order valence-corrected chi connectivity index (χ1v) is 10.1. The van der Waals surface area contributed by atoms with Gasteiger partial charge in [0.2, 0.25) is 11.8 Å². The lowest BCUT2D eigenvalue weighted by molar-refractivity contribution is -0.123. The number of carbonyl (C=O) groups is 2. The highest BCUT2D eigenvalue weighted by Crippen LogP contribution is 2.24. The third-order valence-electron chi connectivity index (χ3n) is 5.19. The van der Waals surface area contributed by atoms with Gasteiger partial charge in [0.15, 0.2) is 0 Å². The zero-order valence-corrected chi connectivity index (χ0v) is 16.3. The van der Waals surface area contributed by atoms with Crippen LogP contribution in [0.1, 0.15) is 30.0 Å². The first-order chi connectivity index (χ1) is 14.2. The van der Waals surface area contributed by atoms with Gasteiger partial charge in [-0.3, -0.25) is 19.5 Å². The second kappa shape index (κ2) is 9.15. The Morgan fingerprint density at radius 3 is 2.55 bits per heavy atom. The molecule has 0 bridgehead atoms. The minimum atomic E-state index is -0.420. The first-order valence-electron chi connectivity index (χ1n) is 10.1. The minimum absolute atomic E-state index is 0.0493. The lowest BCUT2D eigenvalue weighted by Gasteiger charge is -2.33. The molecule has 4 rings (SSSR count). The Morgan fingerprint density at radius 1 is 1.14 bits per heavy atom. The Morgan fingerprint density at radius 2 is 1.90 bits per heavy atom. The van der Waals surface area contributed by atoms with Crippen LogP contribution in [-0.4, -0.2) is 54.0 Å². The summed E-state index contributed by atoms with van der Waals surface area (Å²) in [7, 11) is 0. The monoisotopic (exact) mass is 394 g/mol. The summed E-state index contributed by atoms with van der Waals surface area (Å²) >= 11 is 0. The van der Waals surface area contributed by atoms with Crippen LogP contribution < -0.4 is 10.6 Å². The summed E-state index contributed by atoms with van der Waals surface area (Å²) in [4.78, 5) is 31.4. The van der Waals surface area contributed by atoms with Crippen LogP contribution >= 0.6 is 0 Å². The van der Waals surface area contributed by atoms with E-state index in [2.05, 4.69) is 20.5 Å². The molecule has 7 heteroatoms. The highest BCUT2D eigenvalue weighted by molar-refractivity contribution is 5.95. The van der Waals surface area contributed by atoms with E-state index in [1.807, 2.05) is 36.4 Å². The lowest BCUT2D eigenvalue weighted by Crippen LogP contribution is -2.43. The largest absolute Gasteiger partial charge is 0.379 e. The second-order valence-electron chi connectivity index (χ2n) is 7.54. The van der Waals surface area contributed by atoms with Gasteiger partial charge in [-0.1, -0.05) is 18.2 Å². The van der Waals surface area contributed by atoms with Crippen molar-refractivity contribution in [3.8, 4) is 0 Å². The molecule has 1 unspecified atom stereocenters. The summed E-state index contributed by atoms with van der Waals surface area (Å²) in [5.41, 5.74) is 2.50. The molecule has 152 valence electrons. The zero-order chi connectivity index (χ0) is 20.1. The van der Waals surface area contributed by atoms with Crippen LogP contribution in [0.25, 0.3) is 0 Å². The summed E-state index contributed by atoms with van der Waals surface area (Å²) in [5, 5.41) is 6.00. The molecule has 2 amide bonds. The molecular formula is C22H26N4O3. The molecular weight excluding hydrogens is 368 g/mol. The molecule has 1 saturated carbocycles. The number of rotatable bonds is 7. The lowest BCUT2D eigenvalue weighted by atomic mass is 10.1. The molecule has 2 aliphatic rings. The summed E-state index contributed by atoms with van der Waals surface area (Å²) in [6, 6.07) is 11.2. The third-order valence-corrected chi connectivity index (χ3v) is 5.19. The number of hydrogen-bond donors (Lipinski definition) is 2. The Hall–Kier alpha value is -2.77. The fourth-order valence-corrected chi connectivity index (χ4v) is 3.51. The topological polar surface area (TPSA) is 83.6 Å². The molecule has 1 aromatic heterocycles. The molecule has 1 aliphatic carbocycles. The summed E-state index contributed by atoms with van der Waals surface area (Å²) in [6.45, 7) is 2.62. The molecule has 29 heavy (non-hydrogen) atoms. The highest BCUT2D eigenvalue weighted by Gasteiger charge is 2.29. The van der Waals surface area contributed by atoms with Crippen molar-refractivity contribution in [1.82, 2.24) is 15.2 Å². The van der Waals surface area contributed by atoms with Crippen LogP contribution in [0.15, 0.2) is 48.8 Å². The first kappa shape index (κ1) is 19.5. The Labute approximate surface area is 170 Å². The van der Waals surface area contributed by atoms with Crippen molar-refractivity contribution in [2.75, 3.05) is 31.6 Å². The minimum Gasteiger partial charge on any atom is -0.379 e. The van der Waals surface area contributed by atoms with E-state index in [0.29, 0.717) is 44.5 Å². The second-order valence-corrected chi connectivity index (χ2v) is 7.54. The van der Waals surface area contributed by atoms with Gasteiger partial charge in [-0.25, -0.2) is 0 Å². The highest BCUT2D eigenvalue weighted by atomic mass is 16.5. The summed E-state index contributed by atoms with van der Waals surface area (Å²) in [6.07, 6.45) is 5.96. The number of amides is 2. The van der Waals surface area contributed by atoms with Gasteiger partial charge < -0.3 is 15.4 Å². The number of benzene rings is 1. The SMILES string of the molecule is O=C(Cc1ccc(NC(=O)C(c2cccnc2)N2CCOCC2)cc1)NC1CC1. The maximum Gasteiger partial charge on any atom is 0.246 e. The van der Waals surface area contributed by atoms with Crippen LogP contribution in [0.5, 0.6) is 0 Å². The van der Waals surface area contributed by atoms with Gasteiger partial charge in [0, 0.05) is 37.2 Å². The number of carbonyl (C=O) groups excluding carboxylic acids is 2. The van der Waals surface area contributed by atoms with E-state index >= 15 is 0 Å². The number of aromatic nitrogens is 1. The van der Waals surface area contributed by atoms with Crippen molar-refractivity contribution in [3.63, 3.8) is 0 Å². The van der Waals surface area contributed by atoms with E-state index in [9.17, 15) is 9.59 Å². The molecule has 2 heterocycles. The molecule has 2 fully saturated rings. The van der Waals surface area contributed by atoms with Gasteiger partial charge in [0.05, 0.1) is 19.6 Å². The predicted octanol–water partition coefficient (Wildman–Crippen LogP) is 1.91. The van der Waals surface area contributed by atoms with Crippen LogP contribution in [0.2, 0.25) is 0 Å². The average molecular weight is 394 g/mol. The Kier molecular flexibility index (Phi) is 6.17. The standard InChI is InChI=1S/C22H26N4O3/c27-20(24-18-7-8-18)14-16-3-5-19(6-4-16)25-22(28)21(17-2-1-9-23-15-17)26-10-12-29-13-11-26/h1-6,9,15,18,21H,7-8,10-14H2,(H,24,27)(H,25,28). The third kappa shape index (κ3) is 5.40. The molecule has 1 aliphatic heterocycles. The van der Waals surface area contributed by atoms with Gasteiger partial charge in [-0.2, -0.15) is 0 Å². The molecule has 2 aromatic rings. The normalized spacial score (nSPS) is 18.1. The fourth-order valence-electron chi connectivity index (χ4n) is 3.51. The molecule has 0 spiro atoms. The number of morpholine rings is 1. The maximum atomic E-state index is 13.1. The molecule has 1 atom stereocenters. The smallest absolute Gasteiger partial charge is 0.246 e. The number of nitrogens with one attached hydrogen (secondary N) is 2. The fraction of sp³-hybridized carbons (Fsp3) is 0.409. The van der Waals surface area contributed by atoms with Crippen LogP contribution in [0.3, 0.4) is 0 Å². The Balaban J connectivity index is 1.42. The van der Waals surface area contributed by atoms with E-state index in [4.69, 9.17) is 4.74 Å². The van der Waals surface area contributed by atoms with E-state index in [0.717, 1.165) is 24.0 Å². The van der Waals surface area contributed by atoms with Crippen molar-refractivity contribution in [1.29, 1.82) is 0 Å². The van der Waals surface area contributed by atoms with Crippen molar-refractivity contribution < 1.29 is 14.3 Å². The zero-order valence-electron chi connectivity index (χ0n) is 16.3. The van der Waals surface area contributed by atoms with Gasteiger partial charge in [0.1, 0.15) is 6.04 Å². The molecule has 2 N–H and O–H groups in total. The molecule has 1 saturated heterocycles. The van der Waals surface area contributed by atoms with E-state index in [1.165, 1.54) is 0 Å². The quantitative estimate of drug-likeness (QED) is 0.750. The maximum absolute atomic E-state index is 13.1. The van der Waals surface area contributed by atoms with Crippen molar-refractivity contribution in [2.24, 2.45) is 0 Å². The van der Waals surface area contributed by atoms with Crippen LogP contribution in [0, 0.1) is 0 Å². The number of anilines is 1. The van der Waals surface area contributed by atoms with E-state index < -0.39 is 6.04 Å². The van der Waals surface area contributed by atoms with Crippen molar-refractivity contribution >= 4 is 17.5 Å². The van der Waals surface area contributed by atoms with Gasteiger partial charge >= 0.3 is 0 Å². The van der Waals surface area contributed by atoms with Gasteiger partial charge in [-0.05, 0) is 42.2 Å². The van der Waals surface area contributed by atoms with Gasteiger partial charge in [-0.15, -0.1) is 0 Å². The molecule has 0 radical (unpaired) electrons. The van der Waals surface area contributed by atoms with E-state index in [1.54, 1.807) is 12.4 Å². The average Bonchev–Trinajstić information content (AvgIpc) is 3.55. The molecule has 1 aromatic carbocycles. The summed E-state index contributed by atoms with van der Waals surface area (Å²) < 4.78 is 5.43. The van der Waals surface area contributed by atoms with Crippen LogP contribution in [-0.2, 0) is 20.7 Å². The van der Waals surface area contributed by atoms with Crippen molar-refractivity contribution in [2.45, 2.75) is 31.3 Å². The van der Waals surface area contributed by atoms with Gasteiger partial charge in [0.25, 0.3) is 0 Å². The number of hydrogen-bond acceptors (Lipinski definition) is 5. The van der Waals surface area contributed by atoms with Crippen molar-refractivity contribution in [3.05, 3.63) is 59.9 Å². The van der Waals surface area contributed by atoms with Crippen LogP contribution in [0.4, 0.5) is 5.69 Å². The van der Waals surface area contributed by atoms with E-state index in [-0.39, 0.29) is 11.8 Å².